The van der Waals surface area contributed by atoms with E-state index in [1.165, 1.54) is 11.1 Å². The number of imidazole rings is 1. The van der Waals surface area contributed by atoms with Gasteiger partial charge in [0.25, 0.3) is 0 Å². The number of fused-ring (bicyclic) bond motifs is 1. The van der Waals surface area contributed by atoms with Crippen LogP contribution in [-0.4, -0.2) is 22.6 Å². The highest BCUT2D eigenvalue weighted by Crippen LogP contribution is 2.17. The Bertz CT molecular complexity index is 540. The normalized spacial score (nSPS) is 11.0. The van der Waals surface area contributed by atoms with Crippen molar-refractivity contribution in [1.82, 2.24) is 14.9 Å². The van der Waals surface area contributed by atoms with Crippen molar-refractivity contribution in [3.63, 3.8) is 0 Å². The number of likely N-dealkylation sites (N-methyl/N-ethyl adjacent to an activating group) is 1. The summed E-state index contributed by atoms with van der Waals surface area (Å²) in [4.78, 5) is 4.67. The second kappa shape index (κ2) is 5.83. The summed E-state index contributed by atoms with van der Waals surface area (Å²) >= 11 is 0. The fourth-order valence-corrected chi connectivity index (χ4v) is 2.15. The van der Waals surface area contributed by atoms with E-state index in [1.54, 1.807) is 0 Å². The zero-order chi connectivity index (χ0) is 13.0. The van der Waals surface area contributed by atoms with E-state index in [0.29, 0.717) is 0 Å². The first-order valence-corrected chi connectivity index (χ1v) is 6.57. The molecule has 2 aromatic rings. The number of nitrogens with zero attached hydrogens (tertiary/aromatic N) is 2. The molecule has 18 heavy (non-hydrogen) atoms. The smallest absolute Gasteiger partial charge is 0.109 e. The van der Waals surface area contributed by atoms with E-state index in [2.05, 4.69) is 53.5 Å². The summed E-state index contributed by atoms with van der Waals surface area (Å²) in [5.74, 6) is 1.13. The average molecular weight is 243 g/mol. The second-order valence-corrected chi connectivity index (χ2v) is 4.49. The van der Waals surface area contributed by atoms with Crippen molar-refractivity contribution in [2.24, 2.45) is 0 Å². The Balaban J connectivity index is 2.28. The molecule has 0 spiro atoms. The van der Waals surface area contributed by atoms with Crippen LogP contribution in [0, 0.1) is 0 Å². The molecule has 0 fully saturated rings. The zero-order valence-electron chi connectivity index (χ0n) is 11.2. The molecule has 2 rings (SSSR count). The fourth-order valence-electron chi connectivity index (χ4n) is 2.15. The van der Waals surface area contributed by atoms with Gasteiger partial charge in [0.15, 0.2) is 0 Å². The van der Waals surface area contributed by atoms with Crippen LogP contribution >= 0.6 is 0 Å². The lowest BCUT2D eigenvalue weighted by molar-refractivity contribution is 0.690. The molecule has 0 bridgehead atoms. The minimum atomic E-state index is 0.844. The summed E-state index contributed by atoms with van der Waals surface area (Å²) in [6, 6.07) is 8.29. The molecule has 0 saturated carbocycles. The van der Waals surface area contributed by atoms with Gasteiger partial charge in [-0.3, -0.25) is 0 Å². The van der Waals surface area contributed by atoms with Gasteiger partial charge >= 0.3 is 0 Å². The molecule has 0 aliphatic carbocycles. The average Bonchev–Trinajstić information content (AvgIpc) is 2.75. The Morgan fingerprint density at radius 2 is 2.11 bits per heavy atom. The maximum absolute atomic E-state index is 4.67. The third-order valence-corrected chi connectivity index (χ3v) is 3.06. The van der Waals surface area contributed by atoms with Gasteiger partial charge in [0.1, 0.15) is 5.82 Å². The lowest BCUT2D eigenvalue weighted by Gasteiger charge is -2.11. The molecule has 96 valence electrons. The highest BCUT2D eigenvalue weighted by Gasteiger charge is 2.09. The number of hydrogen-bond acceptors (Lipinski definition) is 2. The Morgan fingerprint density at radius 3 is 2.83 bits per heavy atom. The van der Waals surface area contributed by atoms with E-state index in [0.717, 1.165) is 37.4 Å². The van der Waals surface area contributed by atoms with Crippen molar-refractivity contribution in [3.05, 3.63) is 42.2 Å². The summed E-state index contributed by atoms with van der Waals surface area (Å²) < 4.78 is 2.27. The Kier molecular flexibility index (Phi) is 4.15. The number of aromatic nitrogens is 2. The number of nitrogens with one attached hydrogen (secondary N) is 1. The Labute approximate surface area is 109 Å². The van der Waals surface area contributed by atoms with Crippen molar-refractivity contribution in [3.8, 4) is 0 Å². The molecule has 3 nitrogen and oxygen atoms in total. The molecule has 0 unspecified atom stereocenters. The first kappa shape index (κ1) is 12.8. The number of benzene rings is 1. The molecule has 1 N–H and O–H groups in total. The Hall–Kier alpha value is -1.61. The lowest BCUT2D eigenvalue weighted by atomic mass is 10.2. The summed E-state index contributed by atoms with van der Waals surface area (Å²) in [6.07, 6.45) is 0.948. The van der Waals surface area contributed by atoms with Gasteiger partial charge in [0.05, 0.1) is 11.0 Å². The SMILES string of the molecule is C=C(CNCC)Cn1c(CC)nc2ccccc21. The molecule has 3 heteroatoms. The summed E-state index contributed by atoms with van der Waals surface area (Å²) in [6.45, 7) is 11.1. The van der Waals surface area contributed by atoms with Crippen LogP contribution in [0.5, 0.6) is 0 Å². The van der Waals surface area contributed by atoms with E-state index in [-0.39, 0.29) is 0 Å². The molecule has 1 heterocycles. The van der Waals surface area contributed by atoms with Gasteiger partial charge in [0.2, 0.25) is 0 Å². The zero-order valence-corrected chi connectivity index (χ0v) is 11.2. The standard InChI is InChI=1S/C15H21N3/c1-4-15-17-13-8-6-7-9-14(13)18(15)11-12(3)10-16-5-2/h6-9,16H,3-5,10-11H2,1-2H3. The van der Waals surface area contributed by atoms with Gasteiger partial charge in [-0.1, -0.05) is 32.6 Å². The quantitative estimate of drug-likeness (QED) is 0.791. The molecule has 1 aromatic heterocycles. The van der Waals surface area contributed by atoms with Crippen LogP contribution in [0.25, 0.3) is 11.0 Å². The predicted octanol–water partition coefficient (Wildman–Crippen LogP) is 2.76. The third-order valence-electron chi connectivity index (χ3n) is 3.06. The van der Waals surface area contributed by atoms with Crippen molar-refractivity contribution < 1.29 is 0 Å². The highest BCUT2D eigenvalue weighted by atomic mass is 15.1. The monoisotopic (exact) mass is 243 g/mol. The maximum Gasteiger partial charge on any atom is 0.109 e. The molecular formula is C15H21N3. The van der Waals surface area contributed by atoms with Crippen LogP contribution in [0.1, 0.15) is 19.7 Å². The number of para-hydroxylation sites is 2. The maximum atomic E-state index is 4.67. The van der Waals surface area contributed by atoms with E-state index in [1.807, 2.05) is 6.07 Å². The second-order valence-electron chi connectivity index (χ2n) is 4.49. The summed E-state index contributed by atoms with van der Waals surface area (Å²) in [7, 11) is 0. The minimum absolute atomic E-state index is 0.844. The first-order chi connectivity index (χ1) is 8.76. The predicted molar refractivity (Wildman–Crippen MR) is 76.8 cm³/mol. The number of rotatable bonds is 6. The van der Waals surface area contributed by atoms with E-state index in [9.17, 15) is 0 Å². The van der Waals surface area contributed by atoms with Gasteiger partial charge < -0.3 is 9.88 Å². The van der Waals surface area contributed by atoms with Crippen molar-refractivity contribution in [2.75, 3.05) is 13.1 Å². The van der Waals surface area contributed by atoms with Crippen LogP contribution in [0.2, 0.25) is 0 Å². The molecule has 0 saturated heterocycles. The van der Waals surface area contributed by atoms with Gasteiger partial charge in [-0.2, -0.15) is 0 Å². The van der Waals surface area contributed by atoms with Gasteiger partial charge in [-0.05, 0) is 24.3 Å². The molecule has 0 amide bonds. The molecule has 1 aromatic carbocycles. The first-order valence-electron chi connectivity index (χ1n) is 6.57. The van der Waals surface area contributed by atoms with Crippen molar-refractivity contribution in [1.29, 1.82) is 0 Å². The van der Waals surface area contributed by atoms with Crippen LogP contribution < -0.4 is 5.32 Å². The number of hydrogen-bond donors (Lipinski definition) is 1. The van der Waals surface area contributed by atoms with Crippen molar-refractivity contribution in [2.45, 2.75) is 26.8 Å². The van der Waals surface area contributed by atoms with E-state index >= 15 is 0 Å². The van der Waals surface area contributed by atoms with Crippen LogP contribution in [0.15, 0.2) is 36.4 Å². The third kappa shape index (κ3) is 2.62. The van der Waals surface area contributed by atoms with Crippen LogP contribution in [0.3, 0.4) is 0 Å². The van der Waals surface area contributed by atoms with Crippen LogP contribution in [-0.2, 0) is 13.0 Å². The Morgan fingerprint density at radius 1 is 1.33 bits per heavy atom. The van der Waals surface area contributed by atoms with E-state index in [4.69, 9.17) is 0 Å². The van der Waals surface area contributed by atoms with Gasteiger partial charge in [0, 0.05) is 19.5 Å². The van der Waals surface area contributed by atoms with Crippen LogP contribution in [0.4, 0.5) is 0 Å². The van der Waals surface area contributed by atoms with Gasteiger partial charge in [-0.15, -0.1) is 0 Å². The molecular weight excluding hydrogens is 222 g/mol. The van der Waals surface area contributed by atoms with Crippen molar-refractivity contribution >= 4 is 11.0 Å². The summed E-state index contributed by atoms with van der Waals surface area (Å²) in [5, 5.41) is 3.31. The summed E-state index contributed by atoms with van der Waals surface area (Å²) in [5.41, 5.74) is 3.47. The lowest BCUT2D eigenvalue weighted by Crippen LogP contribution is -2.18. The topological polar surface area (TPSA) is 29.9 Å². The largest absolute Gasteiger partial charge is 0.324 e. The molecule has 0 atom stereocenters. The van der Waals surface area contributed by atoms with Gasteiger partial charge in [-0.25, -0.2) is 4.98 Å². The fraction of sp³-hybridized carbons (Fsp3) is 0.400. The van der Waals surface area contributed by atoms with E-state index < -0.39 is 0 Å². The molecule has 0 aliphatic rings. The molecule has 0 radical (unpaired) electrons. The highest BCUT2D eigenvalue weighted by molar-refractivity contribution is 5.76. The number of aryl methyl sites for hydroxylation is 1. The minimum Gasteiger partial charge on any atom is -0.324 e. The molecule has 0 aliphatic heterocycles.